The molecule has 1 aliphatic rings. The van der Waals surface area contributed by atoms with Crippen LogP contribution in [0.2, 0.25) is 0 Å². The number of carbonyl (C=O) groups is 1. The second-order valence-electron chi connectivity index (χ2n) is 7.07. The number of fused-ring (bicyclic) bond motifs is 1. The first kappa shape index (κ1) is 16.8. The van der Waals surface area contributed by atoms with Crippen LogP contribution in [0.3, 0.4) is 0 Å². The maximum atomic E-state index is 12.9. The van der Waals surface area contributed by atoms with Gasteiger partial charge in [-0.15, -0.1) is 0 Å². The van der Waals surface area contributed by atoms with Crippen molar-refractivity contribution in [2.75, 3.05) is 13.1 Å². The third-order valence-electron chi connectivity index (χ3n) is 5.15. The van der Waals surface area contributed by atoms with Gasteiger partial charge in [-0.3, -0.25) is 14.3 Å². The van der Waals surface area contributed by atoms with Crippen LogP contribution in [-0.4, -0.2) is 33.5 Å². The summed E-state index contributed by atoms with van der Waals surface area (Å²) in [5.74, 6) is 1.64. The molecule has 0 saturated carbocycles. The molecule has 0 bridgehead atoms. The second kappa shape index (κ2) is 6.57. The summed E-state index contributed by atoms with van der Waals surface area (Å²) in [6, 6.07) is 12.3. The van der Waals surface area contributed by atoms with Gasteiger partial charge < -0.3 is 4.52 Å². The number of aryl methyl sites for hydroxylation is 2. The van der Waals surface area contributed by atoms with Crippen LogP contribution in [0.4, 0.5) is 0 Å². The molecule has 0 spiro atoms. The minimum Gasteiger partial charge on any atom is -0.360 e. The van der Waals surface area contributed by atoms with Crippen molar-refractivity contribution in [1.29, 1.82) is 0 Å². The van der Waals surface area contributed by atoms with Crippen molar-refractivity contribution in [2.24, 2.45) is 0 Å². The first-order valence-corrected chi connectivity index (χ1v) is 8.98. The molecule has 0 saturated heterocycles. The maximum Gasteiger partial charge on any atom is 0.180 e. The summed E-state index contributed by atoms with van der Waals surface area (Å²) >= 11 is 0. The molecule has 0 radical (unpaired) electrons. The van der Waals surface area contributed by atoms with Gasteiger partial charge in [0.05, 0.1) is 6.54 Å². The van der Waals surface area contributed by atoms with E-state index in [1.807, 2.05) is 37.5 Å². The first-order chi connectivity index (χ1) is 12.5. The van der Waals surface area contributed by atoms with E-state index in [1.54, 1.807) is 0 Å². The Morgan fingerprint density at radius 2 is 1.92 bits per heavy atom. The van der Waals surface area contributed by atoms with Gasteiger partial charge in [-0.05, 0) is 44.4 Å². The molecule has 1 aliphatic heterocycles. The summed E-state index contributed by atoms with van der Waals surface area (Å²) in [6.07, 6.45) is 1.00. The van der Waals surface area contributed by atoms with E-state index in [2.05, 4.69) is 34.3 Å². The monoisotopic (exact) mass is 349 g/mol. The highest BCUT2D eigenvalue weighted by molar-refractivity contribution is 5.99. The summed E-state index contributed by atoms with van der Waals surface area (Å²) in [5, 5.41) is 4.09. The van der Waals surface area contributed by atoms with Crippen LogP contribution in [0.25, 0.3) is 5.82 Å². The van der Waals surface area contributed by atoms with E-state index < -0.39 is 0 Å². The van der Waals surface area contributed by atoms with E-state index in [4.69, 9.17) is 4.52 Å². The zero-order valence-electron chi connectivity index (χ0n) is 15.5. The van der Waals surface area contributed by atoms with Crippen LogP contribution in [0.1, 0.15) is 38.6 Å². The average Bonchev–Trinajstić information content (AvgIpc) is 3.17. The lowest BCUT2D eigenvalue weighted by Crippen LogP contribution is -2.35. The summed E-state index contributed by atoms with van der Waals surface area (Å²) in [7, 11) is 0. The number of hydrogen-bond acceptors (Lipinski definition) is 4. The lowest BCUT2D eigenvalue weighted by molar-refractivity contribution is 0.0921. The summed E-state index contributed by atoms with van der Waals surface area (Å²) in [5.41, 5.74) is 5.40. The van der Waals surface area contributed by atoms with Crippen molar-refractivity contribution in [2.45, 2.75) is 33.7 Å². The highest BCUT2D eigenvalue weighted by Crippen LogP contribution is 2.23. The SMILES string of the molecule is Cc1cc(-n2c(C)cc(C(=O)CN3CCc4ccccc4C3)c2C)no1. The van der Waals surface area contributed by atoms with Crippen molar-refractivity contribution in [3.8, 4) is 5.82 Å². The molecule has 0 unspecified atom stereocenters. The minimum absolute atomic E-state index is 0.156. The zero-order chi connectivity index (χ0) is 18.3. The number of ketones is 1. The van der Waals surface area contributed by atoms with Crippen LogP contribution >= 0.6 is 0 Å². The molecular weight excluding hydrogens is 326 g/mol. The predicted molar refractivity (Wildman–Crippen MR) is 99.8 cm³/mol. The molecular formula is C21H23N3O2. The first-order valence-electron chi connectivity index (χ1n) is 8.98. The lowest BCUT2D eigenvalue weighted by Gasteiger charge is -2.28. The molecule has 2 aromatic heterocycles. The van der Waals surface area contributed by atoms with Gasteiger partial charge in [0.25, 0.3) is 0 Å². The number of Topliss-reactive ketones (excluding diaryl/α,β-unsaturated/α-hetero) is 1. The molecule has 4 rings (SSSR count). The Kier molecular flexibility index (Phi) is 4.24. The van der Waals surface area contributed by atoms with Gasteiger partial charge in [0.1, 0.15) is 5.76 Å². The van der Waals surface area contributed by atoms with Gasteiger partial charge in [-0.1, -0.05) is 29.4 Å². The van der Waals surface area contributed by atoms with Crippen molar-refractivity contribution in [1.82, 2.24) is 14.6 Å². The van der Waals surface area contributed by atoms with Crippen LogP contribution < -0.4 is 0 Å². The van der Waals surface area contributed by atoms with Crippen LogP contribution in [-0.2, 0) is 13.0 Å². The Labute approximate surface area is 153 Å². The number of nitrogens with zero attached hydrogens (tertiary/aromatic N) is 3. The number of benzene rings is 1. The van der Waals surface area contributed by atoms with Gasteiger partial charge >= 0.3 is 0 Å². The fraction of sp³-hybridized carbons (Fsp3) is 0.333. The molecule has 0 atom stereocenters. The highest BCUT2D eigenvalue weighted by Gasteiger charge is 2.22. The van der Waals surface area contributed by atoms with E-state index >= 15 is 0 Å². The third kappa shape index (κ3) is 2.99. The quantitative estimate of drug-likeness (QED) is 0.675. The molecule has 5 nitrogen and oxygen atoms in total. The van der Waals surface area contributed by atoms with Gasteiger partial charge in [-0.25, -0.2) is 0 Å². The average molecular weight is 349 g/mol. The van der Waals surface area contributed by atoms with Crippen molar-refractivity contribution in [3.05, 3.63) is 70.2 Å². The van der Waals surface area contributed by atoms with Crippen molar-refractivity contribution >= 4 is 5.78 Å². The van der Waals surface area contributed by atoms with Crippen LogP contribution in [0.15, 0.2) is 40.9 Å². The largest absolute Gasteiger partial charge is 0.360 e. The minimum atomic E-state index is 0.156. The van der Waals surface area contributed by atoms with Gasteiger partial charge in [0.15, 0.2) is 11.6 Å². The van der Waals surface area contributed by atoms with Gasteiger partial charge in [0.2, 0.25) is 0 Å². The molecule has 134 valence electrons. The number of carbonyl (C=O) groups excluding carboxylic acids is 1. The molecule has 5 heteroatoms. The van der Waals surface area contributed by atoms with E-state index in [9.17, 15) is 4.79 Å². The van der Waals surface area contributed by atoms with Crippen molar-refractivity contribution < 1.29 is 9.32 Å². The van der Waals surface area contributed by atoms with E-state index in [0.717, 1.165) is 48.0 Å². The summed E-state index contributed by atoms with van der Waals surface area (Å²) in [4.78, 5) is 15.2. The van der Waals surface area contributed by atoms with Crippen LogP contribution in [0, 0.1) is 20.8 Å². The van der Waals surface area contributed by atoms with E-state index in [0.29, 0.717) is 6.54 Å². The summed E-state index contributed by atoms with van der Waals surface area (Å²) in [6.45, 7) is 8.02. The second-order valence-corrected chi connectivity index (χ2v) is 7.07. The molecule has 0 amide bonds. The topological polar surface area (TPSA) is 51.3 Å². The van der Waals surface area contributed by atoms with E-state index in [1.165, 1.54) is 11.1 Å². The van der Waals surface area contributed by atoms with Gasteiger partial charge in [0, 0.05) is 36.1 Å². The fourth-order valence-corrected chi connectivity index (χ4v) is 3.83. The number of hydrogen-bond donors (Lipinski definition) is 0. The summed E-state index contributed by atoms with van der Waals surface area (Å²) < 4.78 is 7.17. The lowest BCUT2D eigenvalue weighted by atomic mass is 9.99. The smallest absolute Gasteiger partial charge is 0.180 e. The Balaban J connectivity index is 1.54. The number of rotatable bonds is 4. The molecule has 0 N–H and O–H groups in total. The fourth-order valence-electron chi connectivity index (χ4n) is 3.83. The number of aromatic nitrogens is 2. The Hall–Kier alpha value is -2.66. The predicted octanol–water partition coefficient (Wildman–Crippen LogP) is 3.63. The Morgan fingerprint density at radius 3 is 2.65 bits per heavy atom. The zero-order valence-corrected chi connectivity index (χ0v) is 15.5. The Morgan fingerprint density at radius 1 is 1.15 bits per heavy atom. The standard InChI is InChI=1S/C21H23N3O2/c1-14-10-19(16(3)24(14)21-11-15(2)26-22-21)20(25)13-23-9-8-17-6-4-5-7-18(17)12-23/h4-7,10-11H,8-9,12-13H2,1-3H3. The maximum absolute atomic E-state index is 12.9. The molecule has 3 heterocycles. The van der Waals surface area contributed by atoms with E-state index in [-0.39, 0.29) is 5.78 Å². The normalized spacial score (nSPS) is 14.4. The molecule has 26 heavy (non-hydrogen) atoms. The van der Waals surface area contributed by atoms with Crippen molar-refractivity contribution in [3.63, 3.8) is 0 Å². The third-order valence-corrected chi connectivity index (χ3v) is 5.15. The Bertz CT molecular complexity index is 968. The molecule has 0 aliphatic carbocycles. The highest BCUT2D eigenvalue weighted by atomic mass is 16.5. The molecule has 3 aromatic rings. The van der Waals surface area contributed by atoms with Crippen LogP contribution in [0.5, 0.6) is 0 Å². The molecule has 0 fully saturated rings. The molecule has 1 aromatic carbocycles. The van der Waals surface area contributed by atoms with Gasteiger partial charge in [-0.2, -0.15) is 0 Å².